The van der Waals surface area contributed by atoms with Crippen molar-refractivity contribution in [3.63, 3.8) is 0 Å². The molecule has 1 saturated heterocycles. The molecule has 4 N–H and O–H groups in total. The summed E-state index contributed by atoms with van der Waals surface area (Å²) in [6.45, 7) is 6.45. The van der Waals surface area contributed by atoms with Crippen LogP contribution in [-0.2, 0) is 11.2 Å². The highest BCUT2D eigenvalue weighted by Gasteiger charge is 2.32. The molecule has 0 aliphatic carbocycles. The Labute approximate surface area is 160 Å². The van der Waals surface area contributed by atoms with E-state index in [1.165, 1.54) is 16.3 Å². The number of rotatable bonds is 7. The summed E-state index contributed by atoms with van der Waals surface area (Å²) in [6, 6.07) is 14.5. The van der Waals surface area contributed by atoms with Crippen LogP contribution in [0, 0.1) is 0 Å². The van der Waals surface area contributed by atoms with E-state index in [4.69, 9.17) is 11.5 Å². The Hall–Kier alpha value is -3.02. The average Bonchev–Trinajstić information content (AvgIpc) is 2.67. The van der Waals surface area contributed by atoms with Crippen molar-refractivity contribution in [1.82, 2.24) is 9.80 Å². The second-order valence-corrected chi connectivity index (χ2v) is 6.79. The molecule has 0 saturated carbocycles. The predicted octanol–water partition coefficient (Wildman–Crippen LogP) is 1.70. The van der Waals surface area contributed by atoms with Crippen LogP contribution in [0.5, 0.6) is 0 Å². The fourth-order valence-corrected chi connectivity index (χ4v) is 3.56. The van der Waals surface area contributed by atoms with Crippen LogP contribution < -0.4 is 11.5 Å². The number of amides is 1. The molecule has 1 heterocycles. The van der Waals surface area contributed by atoms with E-state index in [0.29, 0.717) is 26.1 Å². The number of hydrogen-bond donors (Lipinski definition) is 2. The molecule has 1 aliphatic rings. The summed E-state index contributed by atoms with van der Waals surface area (Å²) in [5.41, 5.74) is 12.0. The van der Waals surface area contributed by atoms with Gasteiger partial charge in [0.2, 0.25) is 5.91 Å². The zero-order valence-corrected chi connectivity index (χ0v) is 15.6. The topological polar surface area (TPSA) is 87.9 Å². The quantitative estimate of drug-likeness (QED) is 0.577. The monoisotopic (exact) mass is 365 g/mol. The minimum Gasteiger partial charge on any atom is -0.370 e. The number of nitrogens with two attached hydrogens (primary N) is 2. The van der Waals surface area contributed by atoms with Crippen LogP contribution in [0.2, 0.25) is 0 Å². The molecule has 6 nitrogen and oxygen atoms in total. The number of carbonyl (C=O) groups excluding carboxylic acids is 1. The van der Waals surface area contributed by atoms with E-state index in [0.717, 1.165) is 13.0 Å². The molecular weight excluding hydrogens is 338 g/mol. The highest BCUT2D eigenvalue weighted by atomic mass is 16.2. The van der Waals surface area contributed by atoms with Crippen LogP contribution in [0.1, 0.15) is 12.0 Å². The molecule has 0 unspecified atom stereocenters. The van der Waals surface area contributed by atoms with Gasteiger partial charge >= 0.3 is 0 Å². The van der Waals surface area contributed by atoms with E-state index >= 15 is 0 Å². The number of aliphatic imine (C=N–C) groups is 1. The molecule has 1 amide bonds. The minimum atomic E-state index is -0.254. The highest BCUT2D eigenvalue weighted by Crippen LogP contribution is 2.18. The van der Waals surface area contributed by atoms with Crippen molar-refractivity contribution in [2.45, 2.75) is 18.9 Å². The summed E-state index contributed by atoms with van der Waals surface area (Å²) < 4.78 is 0. The molecule has 142 valence electrons. The van der Waals surface area contributed by atoms with Gasteiger partial charge in [-0.2, -0.15) is 0 Å². The van der Waals surface area contributed by atoms with Gasteiger partial charge in [-0.25, -0.2) is 0 Å². The molecule has 1 atom stereocenters. The standard InChI is InChI=1S/C21H27N5O/c1-2-25-13-14-26(20(27)19(25)9-11-24-21(22)23)12-10-16-7-8-17-5-3-4-6-18(17)15-16/h2-8,15,19H,1,9-14H2,(H4,22,23,24)/t19-/m0/s1. The smallest absolute Gasteiger partial charge is 0.245 e. The van der Waals surface area contributed by atoms with Crippen LogP contribution in [0.4, 0.5) is 0 Å². The van der Waals surface area contributed by atoms with Crippen molar-refractivity contribution in [2.75, 3.05) is 26.2 Å². The Balaban J connectivity index is 1.64. The van der Waals surface area contributed by atoms with E-state index in [-0.39, 0.29) is 17.9 Å². The van der Waals surface area contributed by atoms with Gasteiger partial charge in [0, 0.05) is 26.2 Å². The Kier molecular flexibility index (Phi) is 5.96. The Bertz CT molecular complexity index is 843. The lowest BCUT2D eigenvalue weighted by molar-refractivity contribution is -0.140. The van der Waals surface area contributed by atoms with E-state index in [9.17, 15) is 4.79 Å². The number of benzene rings is 2. The van der Waals surface area contributed by atoms with Crippen molar-refractivity contribution < 1.29 is 4.79 Å². The lowest BCUT2D eigenvalue weighted by atomic mass is 10.0. The zero-order valence-electron chi connectivity index (χ0n) is 15.6. The normalized spacial score (nSPS) is 17.2. The van der Waals surface area contributed by atoms with Crippen LogP contribution in [0.25, 0.3) is 10.8 Å². The summed E-state index contributed by atoms with van der Waals surface area (Å²) >= 11 is 0. The van der Waals surface area contributed by atoms with Gasteiger partial charge in [0.1, 0.15) is 6.04 Å². The van der Waals surface area contributed by atoms with Gasteiger partial charge in [0.25, 0.3) is 0 Å². The average molecular weight is 365 g/mol. The van der Waals surface area contributed by atoms with Gasteiger partial charge < -0.3 is 21.3 Å². The second-order valence-electron chi connectivity index (χ2n) is 6.79. The van der Waals surface area contributed by atoms with E-state index < -0.39 is 0 Å². The molecule has 1 aliphatic heterocycles. The molecular formula is C21H27N5O. The van der Waals surface area contributed by atoms with Crippen molar-refractivity contribution >= 4 is 22.6 Å². The van der Waals surface area contributed by atoms with Crippen LogP contribution >= 0.6 is 0 Å². The van der Waals surface area contributed by atoms with Gasteiger partial charge in [-0.3, -0.25) is 9.79 Å². The molecule has 2 aromatic carbocycles. The molecule has 27 heavy (non-hydrogen) atoms. The van der Waals surface area contributed by atoms with Gasteiger partial charge in [-0.1, -0.05) is 49.0 Å². The van der Waals surface area contributed by atoms with Crippen molar-refractivity contribution in [3.8, 4) is 0 Å². The number of carbonyl (C=O) groups is 1. The number of fused-ring (bicyclic) bond motifs is 1. The third-order valence-electron chi connectivity index (χ3n) is 5.04. The Morgan fingerprint density at radius 2 is 1.96 bits per heavy atom. The largest absolute Gasteiger partial charge is 0.370 e. The van der Waals surface area contributed by atoms with Crippen molar-refractivity contribution in [2.24, 2.45) is 16.5 Å². The number of hydrogen-bond acceptors (Lipinski definition) is 3. The molecule has 0 radical (unpaired) electrons. The van der Waals surface area contributed by atoms with Gasteiger partial charge in [-0.15, -0.1) is 0 Å². The Morgan fingerprint density at radius 1 is 1.19 bits per heavy atom. The zero-order chi connectivity index (χ0) is 19.2. The predicted molar refractivity (Wildman–Crippen MR) is 110 cm³/mol. The number of nitrogens with zero attached hydrogens (tertiary/aromatic N) is 3. The molecule has 0 bridgehead atoms. The first-order chi connectivity index (χ1) is 13.1. The third kappa shape index (κ3) is 4.58. The summed E-state index contributed by atoms with van der Waals surface area (Å²) in [6.07, 6.45) is 3.15. The van der Waals surface area contributed by atoms with Crippen LogP contribution in [-0.4, -0.2) is 53.9 Å². The summed E-state index contributed by atoms with van der Waals surface area (Å²) in [5, 5.41) is 2.46. The molecule has 6 heteroatoms. The number of piperazine rings is 1. The van der Waals surface area contributed by atoms with E-state index in [1.807, 2.05) is 21.9 Å². The van der Waals surface area contributed by atoms with E-state index in [1.54, 1.807) is 6.20 Å². The second kappa shape index (κ2) is 8.58. The molecule has 3 rings (SSSR count). The van der Waals surface area contributed by atoms with E-state index in [2.05, 4.69) is 41.9 Å². The maximum atomic E-state index is 12.9. The third-order valence-corrected chi connectivity index (χ3v) is 5.04. The maximum absolute atomic E-state index is 12.9. The summed E-state index contributed by atoms with van der Waals surface area (Å²) in [4.78, 5) is 20.9. The Morgan fingerprint density at radius 3 is 2.70 bits per heavy atom. The fourth-order valence-electron chi connectivity index (χ4n) is 3.56. The lowest BCUT2D eigenvalue weighted by Gasteiger charge is -2.40. The highest BCUT2D eigenvalue weighted by molar-refractivity contribution is 5.84. The number of guanidine groups is 1. The summed E-state index contributed by atoms with van der Waals surface area (Å²) in [7, 11) is 0. The molecule has 1 fully saturated rings. The first-order valence-corrected chi connectivity index (χ1v) is 9.28. The minimum absolute atomic E-state index is 0.0524. The molecule has 2 aromatic rings. The van der Waals surface area contributed by atoms with Gasteiger partial charge in [-0.05, 0) is 35.4 Å². The van der Waals surface area contributed by atoms with Crippen molar-refractivity contribution in [3.05, 3.63) is 60.8 Å². The van der Waals surface area contributed by atoms with Gasteiger partial charge in [0.05, 0.1) is 0 Å². The molecule has 0 spiro atoms. The SMILES string of the molecule is C=CN1CCN(CCc2ccc3ccccc3c2)C(=O)[C@@H]1CCN=C(N)N. The lowest BCUT2D eigenvalue weighted by Crippen LogP contribution is -2.55. The summed E-state index contributed by atoms with van der Waals surface area (Å²) in [5.74, 6) is 0.171. The van der Waals surface area contributed by atoms with Crippen LogP contribution in [0.3, 0.4) is 0 Å². The van der Waals surface area contributed by atoms with Crippen LogP contribution in [0.15, 0.2) is 60.2 Å². The fraction of sp³-hybridized carbons (Fsp3) is 0.333. The first kappa shape index (κ1) is 18.8. The molecule has 0 aromatic heterocycles. The van der Waals surface area contributed by atoms with Crippen molar-refractivity contribution in [1.29, 1.82) is 0 Å². The van der Waals surface area contributed by atoms with Gasteiger partial charge in [0.15, 0.2) is 5.96 Å². The first-order valence-electron chi connectivity index (χ1n) is 9.28. The maximum Gasteiger partial charge on any atom is 0.245 e.